The second kappa shape index (κ2) is 7.85. The molecule has 0 N–H and O–H groups in total. The van der Waals surface area contributed by atoms with Gasteiger partial charge in [-0.25, -0.2) is 0 Å². The van der Waals surface area contributed by atoms with Crippen molar-refractivity contribution in [3.63, 3.8) is 0 Å². The van der Waals surface area contributed by atoms with Gasteiger partial charge in [0, 0.05) is 0 Å². The van der Waals surface area contributed by atoms with Crippen LogP contribution < -0.4 is 0 Å². The van der Waals surface area contributed by atoms with Gasteiger partial charge >= 0.3 is 0 Å². The lowest BCUT2D eigenvalue weighted by atomic mass is 9.73. The van der Waals surface area contributed by atoms with Crippen molar-refractivity contribution in [2.24, 2.45) is 0 Å². The minimum Gasteiger partial charge on any atom is -0.0622 e. The fourth-order valence-electron chi connectivity index (χ4n) is 5.48. The maximum Gasteiger partial charge on any atom is -0.00174 e. The van der Waals surface area contributed by atoms with Gasteiger partial charge < -0.3 is 0 Å². The van der Waals surface area contributed by atoms with Crippen LogP contribution in [0.25, 0.3) is 55.6 Å². The highest BCUT2D eigenvalue weighted by molar-refractivity contribution is 6.07. The van der Waals surface area contributed by atoms with Crippen molar-refractivity contribution < 1.29 is 0 Å². The smallest absolute Gasteiger partial charge is 0.00174 e. The summed E-state index contributed by atoms with van der Waals surface area (Å²) in [5.74, 6) is 0. The molecule has 0 saturated heterocycles. The molecule has 1 aliphatic carbocycles. The molecule has 0 atom stereocenters. The Kier molecular flexibility index (Phi) is 4.78. The van der Waals surface area contributed by atoms with E-state index in [1.807, 2.05) is 0 Å². The molecule has 1 aliphatic rings. The molecule has 0 aromatic heterocycles. The molecule has 5 aromatic rings. The molecule has 0 nitrogen and oxygen atoms in total. The summed E-state index contributed by atoms with van der Waals surface area (Å²) in [5, 5.41) is 0. The quantitative estimate of drug-likeness (QED) is 0.241. The molecule has 0 aliphatic heterocycles. The van der Waals surface area contributed by atoms with E-state index in [2.05, 4.69) is 136 Å². The molecular weight excluding hydrogens is 408 g/mol. The minimum atomic E-state index is 0.00887. The third kappa shape index (κ3) is 3.22. The molecule has 5 aromatic carbocycles. The summed E-state index contributed by atoms with van der Waals surface area (Å²) in [4.78, 5) is 0. The van der Waals surface area contributed by atoms with E-state index in [9.17, 15) is 0 Å². The Hall–Kier alpha value is -3.90. The van der Waals surface area contributed by atoms with Gasteiger partial charge in [-0.2, -0.15) is 0 Å². The third-order valence-electron chi connectivity index (χ3n) is 7.00. The molecular formula is C34H28. The predicted molar refractivity (Wildman–Crippen MR) is 146 cm³/mol. The molecule has 0 unspecified atom stereocenters. The van der Waals surface area contributed by atoms with Gasteiger partial charge in [0.2, 0.25) is 0 Å². The molecule has 0 heterocycles. The van der Waals surface area contributed by atoms with Crippen molar-refractivity contribution in [1.29, 1.82) is 0 Å². The summed E-state index contributed by atoms with van der Waals surface area (Å²) in [6.45, 7) is 6.96. The Labute approximate surface area is 202 Å². The van der Waals surface area contributed by atoms with Crippen LogP contribution in [0.2, 0.25) is 0 Å². The standard InChI is InChI=1S/C34H28/c1-34(2,3)31-22-21-30-28-19-10-9-17-26(28)24-15-7-8-16-25(24)27-18-11-12-20-29(27)33(30)32(31)23-13-5-4-6-14-23/h4-22H,1-3H3. The number of hydrogen-bond donors (Lipinski definition) is 0. The molecule has 0 fully saturated rings. The van der Waals surface area contributed by atoms with E-state index in [0.717, 1.165) is 0 Å². The van der Waals surface area contributed by atoms with Crippen molar-refractivity contribution in [2.45, 2.75) is 26.2 Å². The van der Waals surface area contributed by atoms with Crippen LogP contribution in [0.15, 0.2) is 115 Å². The van der Waals surface area contributed by atoms with Crippen LogP contribution in [-0.2, 0) is 5.41 Å². The molecule has 6 rings (SSSR count). The molecule has 164 valence electrons. The highest BCUT2D eigenvalue weighted by Gasteiger charge is 2.28. The first-order valence-corrected chi connectivity index (χ1v) is 12.1. The van der Waals surface area contributed by atoms with Crippen LogP contribution in [0.4, 0.5) is 0 Å². The van der Waals surface area contributed by atoms with Crippen LogP contribution in [0.1, 0.15) is 26.3 Å². The van der Waals surface area contributed by atoms with Crippen LogP contribution in [-0.4, -0.2) is 0 Å². The van der Waals surface area contributed by atoms with E-state index in [1.54, 1.807) is 0 Å². The second-order valence-corrected chi connectivity index (χ2v) is 10.2. The van der Waals surface area contributed by atoms with Gasteiger partial charge in [-0.3, -0.25) is 0 Å². The average Bonchev–Trinajstić information content (AvgIpc) is 2.87. The lowest BCUT2D eigenvalue weighted by molar-refractivity contribution is 0.592. The first kappa shape index (κ1) is 20.7. The summed E-state index contributed by atoms with van der Waals surface area (Å²) in [6.07, 6.45) is 0. The molecule has 0 bridgehead atoms. The number of hydrogen-bond acceptors (Lipinski definition) is 0. The predicted octanol–water partition coefficient (Wildman–Crippen LogP) is 9.63. The van der Waals surface area contributed by atoms with Crippen LogP contribution in [0, 0.1) is 0 Å². The number of rotatable bonds is 1. The van der Waals surface area contributed by atoms with Crippen molar-refractivity contribution >= 4 is 0 Å². The van der Waals surface area contributed by atoms with Gasteiger partial charge in [0.15, 0.2) is 0 Å². The lowest BCUT2D eigenvalue weighted by Crippen LogP contribution is -2.14. The Balaban J connectivity index is 1.85. The van der Waals surface area contributed by atoms with E-state index in [0.29, 0.717) is 0 Å². The van der Waals surface area contributed by atoms with Gasteiger partial charge in [-0.05, 0) is 66.6 Å². The maximum atomic E-state index is 2.36. The average molecular weight is 437 g/mol. The summed E-state index contributed by atoms with van der Waals surface area (Å²) in [6, 6.07) is 42.3. The second-order valence-electron chi connectivity index (χ2n) is 10.2. The highest BCUT2D eigenvalue weighted by Crippen LogP contribution is 2.52. The fourth-order valence-corrected chi connectivity index (χ4v) is 5.48. The van der Waals surface area contributed by atoms with Crippen molar-refractivity contribution in [3.05, 3.63) is 121 Å². The van der Waals surface area contributed by atoms with Gasteiger partial charge in [0.25, 0.3) is 0 Å². The largest absolute Gasteiger partial charge is 0.0622 e. The number of fused-ring (bicyclic) bond motifs is 8. The van der Waals surface area contributed by atoms with Gasteiger partial charge in [0.1, 0.15) is 0 Å². The molecule has 0 amide bonds. The van der Waals surface area contributed by atoms with E-state index in [1.165, 1.54) is 61.2 Å². The Morgan fingerprint density at radius 1 is 0.353 bits per heavy atom. The zero-order valence-electron chi connectivity index (χ0n) is 20.0. The van der Waals surface area contributed by atoms with Crippen LogP contribution in [0.3, 0.4) is 0 Å². The van der Waals surface area contributed by atoms with Crippen molar-refractivity contribution in [1.82, 2.24) is 0 Å². The maximum absolute atomic E-state index is 2.36. The zero-order chi connectivity index (χ0) is 23.3. The van der Waals surface area contributed by atoms with E-state index < -0.39 is 0 Å². The summed E-state index contributed by atoms with van der Waals surface area (Å²) >= 11 is 0. The van der Waals surface area contributed by atoms with Gasteiger partial charge in [0.05, 0.1) is 0 Å². The number of benzene rings is 5. The zero-order valence-corrected chi connectivity index (χ0v) is 20.0. The molecule has 0 saturated carbocycles. The van der Waals surface area contributed by atoms with Crippen molar-refractivity contribution in [2.75, 3.05) is 0 Å². The van der Waals surface area contributed by atoms with Gasteiger partial charge in [-0.1, -0.05) is 136 Å². The van der Waals surface area contributed by atoms with Gasteiger partial charge in [-0.15, -0.1) is 0 Å². The fraction of sp³-hybridized carbons (Fsp3) is 0.118. The van der Waals surface area contributed by atoms with Crippen LogP contribution >= 0.6 is 0 Å². The minimum absolute atomic E-state index is 0.00887. The first-order valence-electron chi connectivity index (χ1n) is 12.1. The first-order chi connectivity index (χ1) is 16.5. The van der Waals surface area contributed by atoms with Crippen molar-refractivity contribution in [3.8, 4) is 55.6 Å². The van der Waals surface area contributed by atoms with Crippen LogP contribution in [0.5, 0.6) is 0 Å². The highest BCUT2D eigenvalue weighted by atomic mass is 14.3. The molecule has 0 spiro atoms. The third-order valence-corrected chi connectivity index (χ3v) is 7.00. The topological polar surface area (TPSA) is 0 Å². The Morgan fingerprint density at radius 3 is 1.26 bits per heavy atom. The Morgan fingerprint density at radius 2 is 0.765 bits per heavy atom. The summed E-state index contributed by atoms with van der Waals surface area (Å²) < 4.78 is 0. The monoisotopic (exact) mass is 436 g/mol. The summed E-state index contributed by atoms with van der Waals surface area (Å²) in [7, 11) is 0. The Bertz CT molecular complexity index is 1510. The molecule has 34 heavy (non-hydrogen) atoms. The SMILES string of the molecule is CC(C)(C)c1ccc2c(c1-c1ccccc1)-c1ccccc1-c1ccccc1-c1ccccc1-2. The molecule has 0 radical (unpaired) electrons. The van der Waals surface area contributed by atoms with E-state index >= 15 is 0 Å². The van der Waals surface area contributed by atoms with E-state index in [-0.39, 0.29) is 5.41 Å². The summed E-state index contributed by atoms with van der Waals surface area (Å²) in [5.41, 5.74) is 14.4. The lowest BCUT2D eigenvalue weighted by Gasteiger charge is -2.30. The molecule has 0 heteroatoms. The normalized spacial score (nSPS) is 12.0. The van der Waals surface area contributed by atoms with E-state index in [4.69, 9.17) is 0 Å².